The zero-order valence-electron chi connectivity index (χ0n) is 10.8. The Balaban J connectivity index is 2.22. The zero-order chi connectivity index (χ0) is 14.0. The molecule has 0 atom stereocenters. The summed E-state index contributed by atoms with van der Waals surface area (Å²) < 4.78 is 1.84. The van der Waals surface area contributed by atoms with Gasteiger partial charge in [0.05, 0.1) is 22.2 Å². The number of benzene rings is 1. The fourth-order valence-electron chi connectivity index (χ4n) is 1.95. The molecule has 0 saturated heterocycles. The Bertz CT molecular complexity index is 620. The second-order valence-corrected chi connectivity index (χ2v) is 5.14. The van der Waals surface area contributed by atoms with E-state index in [4.69, 9.17) is 23.2 Å². The second-order valence-electron chi connectivity index (χ2n) is 4.32. The van der Waals surface area contributed by atoms with Crippen molar-refractivity contribution < 1.29 is 4.79 Å². The minimum absolute atomic E-state index is 0.00756. The van der Waals surface area contributed by atoms with Crippen molar-refractivity contribution in [2.75, 3.05) is 0 Å². The normalized spacial score (nSPS) is 10.7. The van der Waals surface area contributed by atoms with E-state index in [9.17, 15) is 4.79 Å². The minimum atomic E-state index is 0.00756. The first-order valence-electron chi connectivity index (χ1n) is 6.03. The first-order chi connectivity index (χ1) is 9.01. The van der Waals surface area contributed by atoms with E-state index in [0.29, 0.717) is 22.0 Å². The molecule has 0 aliphatic rings. The summed E-state index contributed by atoms with van der Waals surface area (Å²) in [6.07, 6.45) is 0.312. The fourth-order valence-corrected chi connectivity index (χ4v) is 2.25. The maximum Gasteiger partial charge on any atom is 0.168 e. The number of carbonyl (C=O) groups is 1. The van der Waals surface area contributed by atoms with Crippen LogP contribution in [0.1, 0.15) is 28.7 Å². The van der Waals surface area contributed by atoms with E-state index in [1.807, 2.05) is 24.6 Å². The number of nitrogens with zero attached hydrogens (tertiary/aromatic N) is 2. The highest BCUT2D eigenvalue weighted by atomic mass is 35.5. The van der Waals surface area contributed by atoms with Gasteiger partial charge in [-0.05, 0) is 38.1 Å². The summed E-state index contributed by atoms with van der Waals surface area (Å²) in [5.41, 5.74) is 2.39. The maximum atomic E-state index is 12.2. The molecule has 1 aromatic heterocycles. The van der Waals surface area contributed by atoms with Crippen molar-refractivity contribution in [3.05, 3.63) is 51.3 Å². The highest BCUT2D eigenvalue weighted by Gasteiger charge is 2.12. The van der Waals surface area contributed by atoms with Gasteiger partial charge in [-0.3, -0.25) is 9.48 Å². The van der Waals surface area contributed by atoms with Crippen LogP contribution in [0.5, 0.6) is 0 Å². The molecule has 1 heterocycles. The Labute approximate surface area is 122 Å². The van der Waals surface area contributed by atoms with Crippen LogP contribution >= 0.6 is 23.2 Å². The summed E-state index contributed by atoms with van der Waals surface area (Å²) in [5.74, 6) is 0.00756. The van der Waals surface area contributed by atoms with Crippen molar-refractivity contribution in [3.8, 4) is 0 Å². The number of halogens is 2. The van der Waals surface area contributed by atoms with Gasteiger partial charge in [0.2, 0.25) is 0 Å². The van der Waals surface area contributed by atoms with Gasteiger partial charge in [-0.25, -0.2) is 0 Å². The number of rotatable bonds is 4. The SMILES string of the molecule is CCn1nc(C)cc1CC(=O)c1ccc(Cl)c(Cl)c1. The van der Waals surface area contributed by atoms with Gasteiger partial charge in [-0.1, -0.05) is 23.2 Å². The summed E-state index contributed by atoms with van der Waals surface area (Å²) in [7, 11) is 0. The van der Waals surface area contributed by atoms with Gasteiger partial charge in [-0.2, -0.15) is 5.10 Å². The maximum absolute atomic E-state index is 12.2. The Hall–Kier alpha value is -1.32. The highest BCUT2D eigenvalue weighted by Crippen LogP contribution is 2.23. The fraction of sp³-hybridized carbons (Fsp3) is 0.286. The summed E-state index contributed by atoms with van der Waals surface area (Å²) in [4.78, 5) is 12.2. The summed E-state index contributed by atoms with van der Waals surface area (Å²) >= 11 is 11.8. The Morgan fingerprint density at radius 2 is 2.00 bits per heavy atom. The lowest BCUT2D eigenvalue weighted by atomic mass is 10.1. The van der Waals surface area contributed by atoms with Crippen LogP contribution in [0.15, 0.2) is 24.3 Å². The lowest BCUT2D eigenvalue weighted by Gasteiger charge is -2.05. The topological polar surface area (TPSA) is 34.9 Å². The molecule has 1 aromatic carbocycles. The van der Waals surface area contributed by atoms with Gasteiger partial charge in [0.25, 0.3) is 0 Å². The molecule has 0 fully saturated rings. The monoisotopic (exact) mass is 296 g/mol. The molecule has 0 N–H and O–H groups in total. The van der Waals surface area contributed by atoms with E-state index in [1.165, 1.54) is 0 Å². The Morgan fingerprint density at radius 3 is 2.63 bits per heavy atom. The van der Waals surface area contributed by atoms with E-state index in [1.54, 1.807) is 18.2 Å². The van der Waals surface area contributed by atoms with Crippen LogP contribution in [0.3, 0.4) is 0 Å². The van der Waals surface area contributed by atoms with E-state index < -0.39 is 0 Å². The third kappa shape index (κ3) is 3.17. The molecule has 0 spiro atoms. The van der Waals surface area contributed by atoms with Crippen molar-refractivity contribution in [2.24, 2.45) is 0 Å². The lowest BCUT2D eigenvalue weighted by Crippen LogP contribution is -2.09. The van der Waals surface area contributed by atoms with Crippen molar-refractivity contribution in [3.63, 3.8) is 0 Å². The average Bonchev–Trinajstić information content (AvgIpc) is 2.72. The molecule has 0 aliphatic heterocycles. The molecule has 0 unspecified atom stereocenters. The van der Waals surface area contributed by atoms with Crippen molar-refractivity contribution in [1.82, 2.24) is 9.78 Å². The highest BCUT2D eigenvalue weighted by molar-refractivity contribution is 6.42. The predicted molar refractivity (Wildman–Crippen MR) is 77.1 cm³/mol. The first-order valence-corrected chi connectivity index (χ1v) is 6.78. The number of Topliss-reactive ketones (excluding diaryl/α,β-unsaturated/α-hetero) is 1. The van der Waals surface area contributed by atoms with Crippen molar-refractivity contribution >= 4 is 29.0 Å². The quantitative estimate of drug-likeness (QED) is 0.801. The molecule has 2 rings (SSSR count). The predicted octanol–water partition coefficient (Wildman–Crippen LogP) is 3.94. The van der Waals surface area contributed by atoms with E-state index >= 15 is 0 Å². The second kappa shape index (κ2) is 5.76. The molecule has 5 heteroatoms. The van der Waals surface area contributed by atoms with Gasteiger partial charge >= 0.3 is 0 Å². The van der Waals surface area contributed by atoms with Crippen molar-refractivity contribution in [2.45, 2.75) is 26.8 Å². The molecule has 0 aliphatic carbocycles. The molecule has 19 heavy (non-hydrogen) atoms. The van der Waals surface area contributed by atoms with Crippen LogP contribution in [-0.2, 0) is 13.0 Å². The van der Waals surface area contributed by atoms with Crippen LogP contribution in [0.2, 0.25) is 10.0 Å². The molecular formula is C14H14Cl2N2O. The first kappa shape index (κ1) is 14.1. The number of hydrogen-bond donors (Lipinski definition) is 0. The standard InChI is InChI=1S/C14H14Cl2N2O/c1-3-18-11(6-9(2)17-18)8-14(19)10-4-5-12(15)13(16)7-10/h4-7H,3,8H2,1-2H3. The molecule has 100 valence electrons. The smallest absolute Gasteiger partial charge is 0.168 e. The Kier molecular flexibility index (Phi) is 4.27. The molecule has 0 amide bonds. The number of carbonyl (C=O) groups excluding carboxylic acids is 1. The van der Waals surface area contributed by atoms with Gasteiger partial charge in [-0.15, -0.1) is 0 Å². The zero-order valence-corrected chi connectivity index (χ0v) is 12.3. The largest absolute Gasteiger partial charge is 0.294 e. The van der Waals surface area contributed by atoms with E-state index in [0.717, 1.165) is 17.9 Å². The molecule has 0 radical (unpaired) electrons. The molecular weight excluding hydrogens is 283 g/mol. The molecule has 3 nitrogen and oxygen atoms in total. The van der Waals surface area contributed by atoms with Gasteiger partial charge in [0.15, 0.2) is 5.78 Å². The lowest BCUT2D eigenvalue weighted by molar-refractivity contribution is 0.0990. The van der Waals surface area contributed by atoms with E-state index in [2.05, 4.69) is 5.10 Å². The van der Waals surface area contributed by atoms with Crippen LogP contribution in [0, 0.1) is 6.92 Å². The minimum Gasteiger partial charge on any atom is -0.294 e. The van der Waals surface area contributed by atoms with E-state index in [-0.39, 0.29) is 5.78 Å². The number of ketones is 1. The van der Waals surface area contributed by atoms with Crippen molar-refractivity contribution in [1.29, 1.82) is 0 Å². The third-order valence-corrected chi connectivity index (χ3v) is 3.61. The third-order valence-electron chi connectivity index (χ3n) is 2.87. The van der Waals surface area contributed by atoms with Crippen LogP contribution in [0.4, 0.5) is 0 Å². The molecule has 2 aromatic rings. The van der Waals surface area contributed by atoms with Crippen LogP contribution in [0.25, 0.3) is 0 Å². The van der Waals surface area contributed by atoms with Crippen LogP contribution in [-0.4, -0.2) is 15.6 Å². The van der Waals surface area contributed by atoms with Gasteiger partial charge in [0, 0.05) is 17.8 Å². The van der Waals surface area contributed by atoms with Gasteiger partial charge in [0.1, 0.15) is 0 Å². The number of aryl methyl sites for hydroxylation is 2. The van der Waals surface area contributed by atoms with Crippen LogP contribution < -0.4 is 0 Å². The summed E-state index contributed by atoms with van der Waals surface area (Å²) in [6.45, 7) is 4.66. The molecule has 0 saturated carbocycles. The summed E-state index contributed by atoms with van der Waals surface area (Å²) in [6, 6.07) is 6.86. The molecule has 0 bridgehead atoms. The number of aromatic nitrogens is 2. The average molecular weight is 297 g/mol. The Morgan fingerprint density at radius 1 is 1.26 bits per heavy atom. The van der Waals surface area contributed by atoms with Gasteiger partial charge < -0.3 is 0 Å². The number of hydrogen-bond acceptors (Lipinski definition) is 2. The summed E-state index contributed by atoms with van der Waals surface area (Å²) in [5, 5.41) is 5.17.